The van der Waals surface area contributed by atoms with E-state index in [2.05, 4.69) is 17.5 Å². The molecular formula is C17H22N2. The molecule has 0 unspecified atom stereocenters. The number of anilines is 1. The molecule has 0 saturated heterocycles. The fraction of sp³-hybridized carbons (Fsp3) is 0.471. The van der Waals surface area contributed by atoms with Crippen LogP contribution in [0.25, 0.3) is 0 Å². The molecule has 1 aromatic carbocycles. The lowest BCUT2D eigenvalue weighted by Crippen LogP contribution is -2.01. The summed E-state index contributed by atoms with van der Waals surface area (Å²) in [6.07, 6.45) is 11.6. The second-order valence-corrected chi connectivity index (χ2v) is 5.18. The third kappa shape index (κ3) is 4.79. The Balaban J connectivity index is 1.55. The lowest BCUT2D eigenvalue weighted by molar-refractivity contribution is 0.685. The van der Waals surface area contributed by atoms with Crippen LogP contribution in [0.3, 0.4) is 0 Å². The van der Waals surface area contributed by atoms with Crippen LogP contribution in [0.1, 0.15) is 50.5 Å². The summed E-state index contributed by atoms with van der Waals surface area (Å²) in [7, 11) is 0. The van der Waals surface area contributed by atoms with E-state index in [1.165, 1.54) is 44.9 Å². The molecule has 0 heterocycles. The highest BCUT2D eigenvalue weighted by Gasteiger charge is 2.03. The molecule has 1 aliphatic rings. The Labute approximate surface area is 116 Å². The fourth-order valence-corrected chi connectivity index (χ4v) is 2.51. The van der Waals surface area contributed by atoms with Gasteiger partial charge in [0.15, 0.2) is 0 Å². The van der Waals surface area contributed by atoms with Crippen molar-refractivity contribution in [1.82, 2.24) is 0 Å². The van der Waals surface area contributed by atoms with Crippen molar-refractivity contribution in [3.8, 4) is 6.07 Å². The van der Waals surface area contributed by atoms with Gasteiger partial charge in [0, 0.05) is 12.2 Å². The molecule has 1 aliphatic carbocycles. The number of allylic oxidation sites excluding steroid dienone is 2. The van der Waals surface area contributed by atoms with E-state index in [4.69, 9.17) is 5.26 Å². The van der Waals surface area contributed by atoms with Crippen LogP contribution in [0.15, 0.2) is 35.9 Å². The molecule has 0 aliphatic heterocycles. The Morgan fingerprint density at radius 3 is 2.63 bits per heavy atom. The number of unbranched alkanes of at least 4 members (excludes halogenated alkanes) is 2. The Bertz CT molecular complexity index is 451. The smallest absolute Gasteiger partial charge is 0.0991 e. The van der Waals surface area contributed by atoms with Crippen LogP contribution in [0.5, 0.6) is 0 Å². The SMILES string of the molecule is N#Cc1ccc(NCCCCCC2=CCCC2)cc1. The van der Waals surface area contributed by atoms with Crippen molar-refractivity contribution in [3.63, 3.8) is 0 Å². The van der Waals surface area contributed by atoms with E-state index in [9.17, 15) is 0 Å². The third-order valence-electron chi connectivity index (χ3n) is 3.65. The first kappa shape index (κ1) is 13.7. The average molecular weight is 254 g/mol. The number of nitrogens with one attached hydrogen (secondary N) is 1. The minimum Gasteiger partial charge on any atom is -0.385 e. The van der Waals surface area contributed by atoms with Gasteiger partial charge < -0.3 is 5.32 Å². The van der Waals surface area contributed by atoms with Crippen molar-refractivity contribution in [3.05, 3.63) is 41.5 Å². The van der Waals surface area contributed by atoms with Crippen LogP contribution in [0.2, 0.25) is 0 Å². The molecule has 0 amide bonds. The van der Waals surface area contributed by atoms with Crippen molar-refractivity contribution in [2.24, 2.45) is 0 Å². The third-order valence-corrected chi connectivity index (χ3v) is 3.65. The summed E-state index contributed by atoms with van der Waals surface area (Å²) >= 11 is 0. The van der Waals surface area contributed by atoms with Gasteiger partial charge in [-0.25, -0.2) is 0 Å². The predicted molar refractivity (Wildman–Crippen MR) is 80.0 cm³/mol. The van der Waals surface area contributed by atoms with Crippen molar-refractivity contribution in [2.75, 3.05) is 11.9 Å². The van der Waals surface area contributed by atoms with Crippen LogP contribution in [-0.2, 0) is 0 Å². The van der Waals surface area contributed by atoms with E-state index in [0.717, 1.165) is 17.8 Å². The molecule has 0 radical (unpaired) electrons. The molecule has 2 heteroatoms. The number of nitrogens with zero attached hydrogens (tertiary/aromatic N) is 1. The summed E-state index contributed by atoms with van der Waals surface area (Å²) in [5.41, 5.74) is 3.51. The van der Waals surface area contributed by atoms with Crippen LogP contribution in [0, 0.1) is 11.3 Å². The van der Waals surface area contributed by atoms with Gasteiger partial charge in [-0.1, -0.05) is 18.1 Å². The summed E-state index contributed by atoms with van der Waals surface area (Å²) in [5.74, 6) is 0. The summed E-state index contributed by atoms with van der Waals surface area (Å²) in [6, 6.07) is 9.79. The van der Waals surface area contributed by atoms with Gasteiger partial charge in [0.2, 0.25) is 0 Å². The quantitative estimate of drug-likeness (QED) is 0.568. The van der Waals surface area contributed by atoms with Crippen LogP contribution >= 0.6 is 0 Å². The van der Waals surface area contributed by atoms with Gasteiger partial charge in [-0.15, -0.1) is 0 Å². The normalized spacial score (nSPS) is 13.9. The van der Waals surface area contributed by atoms with Crippen molar-refractivity contribution >= 4 is 5.69 Å². The van der Waals surface area contributed by atoms with E-state index in [1.54, 1.807) is 5.57 Å². The van der Waals surface area contributed by atoms with Crippen LogP contribution in [-0.4, -0.2) is 6.54 Å². The maximum atomic E-state index is 8.72. The van der Waals surface area contributed by atoms with Gasteiger partial charge in [-0.05, 0) is 62.8 Å². The van der Waals surface area contributed by atoms with Crippen LogP contribution in [0.4, 0.5) is 5.69 Å². The molecule has 0 atom stereocenters. The van der Waals surface area contributed by atoms with E-state index in [0.29, 0.717) is 0 Å². The first-order chi connectivity index (χ1) is 9.38. The first-order valence-electron chi connectivity index (χ1n) is 7.30. The maximum Gasteiger partial charge on any atom is 0.0991 e. The number of hydrogen-bond acceptors (Lipinski definition) is 2. The topological polar surface area (TPSA) is 35.8 Å². The molecule has 2 nitrogen and oxygen atoms in total. The number of benzene rings is 1. The van der Waals surface area contributed by atoms with Gasteiger partial charge in [-0.3, -0.25) is 0 Å². The number of hydrogen-bond donors (Lipinski definition) is 1. The Morgan fingerprint density at radius 1 is 1.11 bits per heavy atom. The molecule has 0 spiro atoms. The summed E-state index contributed by atoms with van der Waals surface area (Å²) in [6.45, 7) is 1.02. The zero-order valence-electron chi connectivity index (χ0n) is 11.5. The summed E-state index contributed by atoms with van der Waals surface area (Å²) in [4.78, 5) is 0. The van der Waals surface area contributed by atoms with Crippen molar-refractivity contribution in [1.29, 1.82) is 5.26 Å². The Morgan fingerprint density at radius 2 is 1.95 bits per heavy atom. The minimum atomic E-state index is 0.718. The van der Waals surface area contributed by atoms with Crippen molar-refractivity contribution < 1.29 is 0 Å². The molecule has 100 valence electrons. The second kappa shape index (κ2) is 7.63. The van der Waals surface area contributed by atoms with E-state index >= 15 is 0 Å². The molecule has 0 bridgehead atoms. The highest BCUT2D eigenvalue weighted by molar-refractivity contribution is 5.46. The monoisotopic (exact) mass is 254 g/mol. The van der Waals surface area contributed by atoms with Gasteiger partial charge >= 0.3 is 0 Å². The Kier molecular flexibility index (Phi) is 5.49. The zero-order chi connectivity index (χ0) is 13.3. The van der Waals surface area contributed by atoms with Crippen LogP contribution < -0.4 is 5.32 Å². The highest BCUT2D eigenvalue weighted by Crippen LogP contribution is 2.22. The number of nitriles is 1. The molecular weight excluding hydrogens is 232 g/mol. The zero-order valence-corrected chi connectivity index (χ0v) is 11.5. The molecule has 19 heavy (non-hydrogen) atoms. The van der Waals surface area contributed by atoms with E-state index in [1.807, 2.05) is 24.3 Å². The lowest BCUT2D eigenvalue weighted by atomic mass is 10.1. The van der Waals surface area contributed by atoms with Gasteiger partial charge in [0.05, 0.1) is 11.6 Å². The van der Waals surface area contributed by atoms with E-state index in [-0.39, 0.29) is 0 Å². The molecule has 1 aromatic rings. The van der Waals surface area contributed by atoms with Crippen molar-refractivity contribution in [2.45, 2.75) is 44.9 Å². The first-order valence-corrected chi connectivity index (χ1v) is 7.30. The van der Waals surface area contributed by atoms with E-state index < -0.39 is 0 Å². The Hall–Kier alpha value is -1.75. The average Bonchev–Trinajstić information content (AvgIpc) is 2.96. The predicted octanol–water partition coefficient (Wildman–Crippen LogP) is 4.64. The molecule has 0 saturated carbocycles. The summed E-state index contributed by atoms with van der Waals surface area (Å²) in [5, 5.41) is 12.1. The maximum absolute atomic E-state index is 8.72. The molecule has 2 rings (SSSR count). The fourth-order valence-electron chi connectivity index (χ4n) is 2.51. The molecule has 1 N–H and O–H groups in total. The number of rotatable bonds is 7. The highest BCUT2D eigenvalue weighted by atomic mass is 14.9. The second-order valence-electron chi connectivity index (χ2n) is 5.18. The van der Waals surface area contributed by atoms with Gasteiger partial charge in [0.25, 0.3) is 0 Å². The van der Waals surface area contributed by atoms with Gasteiger partial charge in [-0.2, -0.15) is 5.26 Å². The standard InChI is InChI=1S/C17H22N2/c18-14-16-9-11-17(12-10-16)19-13-5-1-2-6-15-7-3-4-8-15/h7,9-12,19H,1-6,8,13H2. The molecule has 0 fully saturated rings. The summed E-state index contributed by atoms with van der Waals surface area (Å²) < 4.78 is 0. The molecule has 0 aromatic heterocycles. The largest absolute Gasteiger partial charge is 0.385 e. The minimum absolute atomic E-state index is 0.718. The van der Waals surface area contributed by atoms with Gasteiger partial charge in [0.1, 0.15) is 0 Å². The lowest BCUT2D eigenvalue weighted by Gasteiger charge is -2.06.